The molecule has 2 aromatic carbocycles. The molecule has 6 heteroatoms. The van der Waals surface area contributed by atoms with Crippen LogP contribution in [0.3, 0.4) is 0 Å². The van der Waals surface area contributed by atoms with Crippen molar-refractivity contribution in [3.05, 3.63) is 48.5 Å². The van der Waals surface area contributed by atoms with Crippen LogP contribution in [0.1, 0.15) is 6.92 Å². The van der Waals surface area contributed by atoms with Gasteiger partial charge in [-0.05, 0) is 48.7 Å². The molecule has 0 saturated heterocycles. The first-order valence-corrected chi connectivity index (χ1v) is 8.23. The quantitative estimate of drug-likeness (QED) is 0.797. The summed E-state index contributed by atoms with van der Waals surface area (Å²) in [6, 6.07) is 14.5. The Hall–Kier alpha value is -2.47. The van der Waals surface area contributed by atoms with E-state index in [0.717, 1.165) is 10.6 Å². The van der Waals surface area contributed by atoms with Crippen LogP contribution in [-0.4, -0.2) is 24.7 Å². The standard InChI is InChI=1S/C17H18N2O3S/c1-12(20)18-13-6-8-15(9-7-13)22-11-17(21)19-14-4-3-5-16(10-14)23-2/h3-10H,11H2,1-2H3,(H,18,20)(H,19,21). The number of rotatable bonds is 6. The number of nitrogens with one attached hydrogen (secondary N) is 2. The number of amides is 2. The molecule has 0 radical (unpaired) electrons. The zero-order valence-electron chi connectivity index (χ0n) is 13.0. The third-order valence-corrected chi connectivity index (χ3v) is 3.62. The molecule has 0 unspecified atom stereocenters. The average molecular weight is 330 g/mol. The van der Waals surface area contributed by atoms with Crippen molar-refractivity contribution in [2.24, 2.45) is 0 Å². The van der Waals surface area contributed by atoms with E-state index in [0.29, 0.717) is 11.4 Å². The van der Waals surface area contributed by atoms with Gasteiger partial charge in [-0.1, -0.05) is 6.07 Å². The number of ether oxygens (including phenoxy) is 1. The fraction of sp³-hybridized carbons (Fsp3) is 0.176. The van der Waals surface area contributed by atoms with E-state index in [2.05, 4.69) is 10.6 Å². The van der Waals surface area contributed by atoms with Gasteiger partial charge in [-0.25, -0.2) is 0 Å². The first kappa shape index (κ1) is 16.9. The second kappa shape index (κ2) is 8.24. The summed E-state index contributed by atoms with van der Waals surface area (Å²) in [4.78, 5) is 23.9. The van der Waals surface area contributed by atoms with Crippen molar-refractivity contribution in [2.75, 3.05) is 23.5 Å². The zero-order valence-corrected chi connectivity index (χ0v) is 13.8. The molecule has 2 rings (SSSR count). The minimum absolute atomic E-state index is 0.0804. The van der Waals surface area contributed by atoms with Crippen molar-refractivity contribution in [1.82, 2.24) is 0 Å². The first-order valence-electron chi connectivity index (χ1n) is 7.01. The van der Waals surface area contributed by atoms with Crippen molar-refractivity contribution in [2.45, 2.75) is 11.8 Å². The van der Waals surface area contributed by atoms with E-state index in [-0.39, 0.29) is 18.4 Å². The Morgan fingerprint density at radius 2 is 1.78 bits per heavy atom. The lowest BCUT2D eigenvalue weighted by molar-refractivity contribution is -0.118. The van der Waals surface area contributed by atoms with E-state index in [1.807, 2.05) is 30.5 Å². The topological polar surface area (TPSA) is 67.4 Å². The van der Waals surface area contributed by atoms with Gasteiger partial charge in [0, 0.05) is 23.2 Å². The van der Waals surface area contributed by atoms with Gasteiger partial charge in [0.25, 0.3) is 5.91 Å². The van der Waals surface area contributed by atoms with Crippen molar-refractivity contribution in [3.8, 4) is 5.75 Å². The van der Waals surface area contributed by atoms with E-state index in [1.54, 1.807) is 36.0 Å². The molecule has 0 aliphatic rings. The average Bonchev–Trinajstić information content (AvgIpc) is 2.54. The second-order valence-corrected chi connectivity index (χ2v) is 5.65. The molecule has 0 saturated carbocycles. The lowest BCUT2D eigenvalue weighted by Crippen LogP contribution is -2.20. The molecule has 0 fully saturated rings. The van der Waals surface area contributed by atoms with Gasteiger partial charge in [0.1, 0.15) is 5.75 Å². The SMILES string of the molecule is CSc1cccc(NC(=O)COc2ccc(NC(C)=O)cc2)c1. The van der Waals surface area contributed by atoms with Gasteiger partial charge in [0.05, 0.1) is 0 Å². The normalized spacial score (nSPS) is 10.0. The van der Waals surface area contributed by atoms with E-state index in [1.165, 1.54) is 6.92 Å². The van der Waals surface area contributed by atoms with Gasteiger partial charge in [0.2, 0.25) is 5.91 Å². The maximum Gasteiger partial charge on any atom is 0.262 e. The molecule has 0 bridgehead atoms. The molecule has 0 spiro atoms. The molecule has 0 atom stereocenters. The predicted octanol–water partition coefficient (Wildman–Crippen LogP) is 3.38. The summed E-state index contributed by atoms with van der Waals surface area (Å²) in [5.41, 5.74) is 1.43. The summed E-state index contributed by atoms with van der Waals surface area (Å²) in [5, 5.41) is 5.45. The van der Waals surface area contributed by atoms with Gasteiger partial charge >= 0.3 is 0 Å². The molecule has 0 heterocycles. The minimum atomic E-state index is -0.228. The number of hydrogen-bond donors (Lipinski definition) is 2. The monoisotopic (exact) mass is 330 g/mol. The van der Waals surface area contributed by atoms with Crippen molar-refractivity contribution in [1.29, 1.82) is 0 Å². The largest absolute Gasteiger partial charge is 0.484 e. The number of anilines is 2. The third-order valence-electron chi connectivity index (χ3n) is 2.90. The van der Waals surface area contributed by atoms with Gasteiger partial charge in [-0.2, -0.15) is 0 Å². The van der Waals surface area contributed by atoms with Crippen molar-refractivity contribution >= 4 is 35.0 Å². The third kappa shape index (κ3) is 5.67. The molecule has 120 valence electrons. The smallest absolute Gasteiger partial charge is 0.262 e. The van der Waals surface area contributed by atoms with Crippen LogP contribution in [0.5, 0.6) is 5.75 Å². The Labute approximate surface area is 139 Å². The summed E-state index contributed by atoms with van der Waals surface area (Å²) in [5.74, 6) is 0.201. The molecule has 0 aromatic heterocycles. The molecule has 2 N–H and O–H groups in total. The summed E-state index contributed by atoms with van der Waals surface area (Å²) < 4.78 is 5.43. The van der Waals surface area contributed by atoms with E-state index in [9.17, 15) is 9.59 Å². The molecule has 2 aromatic rings. The van der Waals surface area contributed by atoms with Gasteiger partial charge in [0.15, 0.2) is 6.61 Å². The highest BCUT2D eigenvalue weighted by Crippen LogP contribution is 2.19. The van der Waals surface area contributed by atoms with Crippen LogP contribution < -0.4 is 15.4 Å². The summed E-state index contributed by atoms with van der Waals surface area (Å²) in [6.45, 7) is 1.36. The predicted molar refractivity (Wildman–Crippen MR) is 93.1 cm³/mol. The maximum atomic E-state index is 11.9. The molecular formula is C17H18N2O3S. The van der Waals surface area contributed by atoms with Gasteiger partial charge in [-0.3, -0.25) is 9.59 Å². The lowest BCUT2D eigenvalue weighted by atomic mass is 10.3. The van der Waals surface area contributed by atoms with Crippen LogP contribution in [0.15, 0.2) is 53.4 Å². The highest BCUT2D eigenvalue weighted by atomic mass is 32.2. The Balaban J connectivity index is 1.85. The number of carbonyl (C=O) groups is 2. The second-order valence-electron chi connectivity index (χ2n) is 4.77. The van der Waals surface area contributed by atoms with Gasteiger partial charge in [-0.15, -0.1) is 11.8 Å². The van der Waals surface area contributed by atoms with Gasteiger partial charge < -0.3 is 15.4 Å². The van der Waals surface area contributed by atoms with E-state index >= 15 is 0 Å². The van der Waals surface area contributed by atoms with Crippen LogP contribution in [0.25, 0.3) is 0 Å². The zero-order chi connectivity index (χ0) is 16.7. The molecule has 0 aliphatic heterocycles. The maximum absolute atomic E-state index is 11.9. The highest BCUT2D eigenvalue weighted by Gasteiger charge is 2.05. The van der Waals surface area contributed by atoms with Crippen LogP contribution in [0, 0.1) is 0 Å². The highest BCUT2D eigenvalue weighted by molar-refractivity contribution is 7.98. The fourth-order valence-electron chi connectivity index (χ4n) is 1.88. The summed E-state index contributed by atoms with van der Waals surface area (Å²) in [7, 11) is 0. The minimum Gasteiger partial charge on any atom is -0.484 e. The van der Waals surface area contributed by atoms with E-state index in [4.69, 9.17) is 4.74 Å². The number of thioether (sulfide) groups is 1. The molecule has 5 nitrogen and oxygen atoms in total. The Morgan fingerprint density at radius 1 is 1.04 bits per heavy atom. The number of hydrogen-bond acceptors (Lipinski definition) is 4. The summed E-state index contributed by atoms with van der Waals surface area (Å²) in [6.07, 6.45) is 1.98. The Morgan fingerprint density at radius 3 is 2.43 bits per heavy atom. The van der Waals surface area contributed by atoms with Crippen LogP contribution in [-0.2, 0) is 9.59 Å². The summed E-state index contributed by atoms with van der Waals surface area (Å²) >= 11 is 1.61. The Bertz CT molecular complexity index is 686. The van der Waals surface area contributed by atoms with Crippen LogP contribution in [0.4, 0.5) is 11.4 Å². The molecule has 0 aliphatic carbocycles. The number of benzene rings is 2. The van der Waals surface area contributed by atoms with Crippen molar-refractivity contribution in [3.63, 3.8) is 0 Å². The molecule has 23 heavy (non-hydrogen) atoms. The molecular weight excluding hydrogens is 312 g/mol. The number of carbonyl (C=O) groups excluding carboxylic acids is 2. The first-order chi connectivity index (χ1) is 11.1. The van der Waals surface area contributed by atoms with Crippen LogP contribution in [0.2, 0.25) is 0 Å². The Kier molecular flexibility index (Phi) is 6.05. The fourth-order valence-corrected chi connectivity index (χ4v) is 2.34. The van der Waals surface area contributed by atoms with Crippen LogP contribution >= 0.6 is 11.8 Å². The lowest BCUT2D eigenvalue weighted by Gasteiger charge is -2.09. The molecule has 2 amide bonds. The van der Waals surface area contributed by atoms with E-state index < -0.39 is 0 Å². The van der Waals surface area contributed by atoms with Crippen molar-refractivity contribution < 1.29 is 14.3 Å².